The van der Waals surface area contributed by atoms with Gasteiger partial charge >= 0.3 is 5.97 Å². The minimum absolute atomic E-state index is 0.0180. The van der Waals surface area contributed by atoms with Gasteiger partial charge in [0.25, 0.3) is 5.69 Å². The van der Waals surface area contributed by atoms with E-state index >= 15 is 0 Å². The zero-order chi connectivity index (χ0) is 14.4. The molecule has 0 unspecified atom stereocenters. The molecule has 1 rings (SSSR count). The van der Waals surface area contributed by atoms with Gasteiger partial charge in [0.15, 0.2) is 18.1 Å². The summed E-state index contributed by atoms with van der Waals surface area (Å²) in [4.78, 5) is 20.8. The van der Waals surface area contributed by atoms with Crippen molar-refractivity contribution in [1.82, 2.24) is 0 Å². The molecule has 0 heterocycles. The van der Waals surface area contributed by atoms with Crippen LogP contribution in [0, 0.1) is 10.1 Å². The van der Waals surface area contributed by atoms with Crippen LogP contribution in [0.4, 0.5) is 5.69 Å². The van der Waals surface area contributed by atoms with Gasteiger partial charge in [0.1, 0.15) is 0 Å². The number of allylic oxidation sites excluding steroid dienone is 1. The van der Waals surface area contributed by atoms with Crippen LogP contribution in [0.15, 0.2) is 24.8 Å². The van der Waals surface area contributed by atoms with Gasteiger partial charge in [-0.25, -0.2) is 4.79 Å². The lowest BCUT2D eigenvalue weighted by molar-refractivity contribution is -0.385. The summed E-state index contributed by atoms with van der Waals surface area (Å²) in [6.45, 7) is 2.92. The Hall–Kier alpha value is -2.57. The lowest BCUT2D eigenvalue weighted by Gasteiger charge is -2.11. The zero-order valence-corrected chi connectivity index (χ0v) is 10.3. The third-order valence-electron chi connectivity index (χ3n) is 2.28. The van der Waals surface area contributed by atoms with E-state index in [0.29, 0.717) is 12.0 Å². The standard InChI is InChI=1S/C12H13NO6/c1-3-4-8-5-10(18-2)11(19-7-12(14)15)6-9(8)13(16)17/h3,5-6H,1,4,7H2,2H3,(H,14,15). The Morgan fingerprint density at radius 1 is 1.53 bits per heavy atom. The van der Waals surface area contributed by atoms with Crippen molar-refractivity contribution in [3.8, 4) is 11.5 Å². The monoisotopic (exact) mass is 267 g/mol. The molecule has 0 fully saturated rings. The fraction of sp³-hybridized carbons (Fsp3) is 0.250. The number of hydrogen-bond acceptors (Lipinski definition) is 5. The Bertz CT molecular complexity index is 511. The molecule has 1 aromatic carbocycles. The van der Waals surface area contributed by atoms with Crippen LogP contribution < -0.4 is 9.47 Å². The van der Waals surface area contributed by atoms with Crippen LogP contribution in [-0.2, 0) is 11.2 Å². The number of carbonyl (C=O) groups is 1. The first-order valence-corrected chi connectivity index (χ1v) is 5.30. The Morgan fingerprint density at radius 2 is 2.21 bits per heavy atom. The number of rotatable bonds is 7. The number of methoxy groups -OCH3 is 1. The van der Waals surface area contributed by atoms with Gasteiger partial charge in [-0.15, -0.1) is 6.58 Å². The number of carboxylic acids is 1. The van der Waals surface area contributed by atoms with Crippen LogP contribution in [0.25, 0.3) is 0 Å². The smallest absolute Gasteiger partial charge is 0.341 e. The summed E-state index contributed by atoms with van der Waals surface area (Å²) in [5.74, 6) is -0.923. The van der Waals surface area contributed by atoms with Crippen LogP contribution in [-0.4, -0.2) is 29.7 Å². The minimum Gasteiger partial charge on any atom is -0.493 e. The van der Waals surface area contributed by atoms with Gasteiger partial charge in [-0.3, -0.25) is 10.1 Å². The molecule has 0 aliphatic heterocycles. The van der Waals surface area contributed by atoms with E-state index in [-0.39, 0.29) is 17.2 Å². The topological polar surface area (TPSA) is 98.9 Å². The maximum Gasteiger partial charge on any atom is 0.341 e. The van der Waals surface area contributed by atoms with Crippen LogP contribution >= 0.6 is 0 Å². The van der Waals surface area contributed by atoms with Gasteiger partial charge in [0.2, 0.25) is 0 Å². The van der Waals surface area contributed by atoms with Gasteiger partial charge in [-0.2, -0.15) is 0 Å². The quantitative estimate of drug-likeness (QED) is 0.459. The summed E-state index contributed by atoms with van der Waals surface area (Å²) in [6, 6.07) is 2.59. The maximum atomic E-state index is 10.9. The number of aliphatic carboxylic acids is 1. The van der Waals surface area contributed by atoms with Crippen molar-refractivity contribution in [2.24, 2.45) is 0 Å². The van der Waals surface area contributed by atoms with E-state index in [1.165, 1.54) is 19.3 Å². The number of hydrogen-bond donors (Lipinski definition) is 1. The third kappa shape index (κ3) is 3.70. The number of benzene rings is 1. The molecule has 1 N–H and O–H groups in total. The molecule has 0 saturated carbocycles. The minimum atomic E-state index is -1.18. The highest BCUT2D eigenvalue weighted by molar-refractivity contribution is 5.69. The van der Waals surface area contributed by atoms with E-state index in [1.807, 2.05) is 0 Å². The average Bonchev–Trinajstić information content (AvgIpc) is 2.36. The van der Waals surface area contributed by atoms with E-state index in [0.717, 1.165) is 6.07 Å². The molecule has 19 heavy (non-hydrogen) atoms. The maximum absolute atomic E-state index is 10.9. The van der Waals surface area contributed by atoms with E-state index < -0.39 is 17.5 Å². The predicted octanol–water partition coefficient (Wildman–Crippen LogP) is 1.80. The molecule has 102 valence electrons. The Labute approximate surface area is 109 Å². The first kappa shape index (κ1) is 14.5. The second-order valence-corrected chi connectivity index (χ2v) is 3.56. The van der Waals surface area contributed by atoms with Gasteiger partial charge in [-0.1, -0.05) is 6.08 Å². The highest BCUT2D eigenvalue weighted by Gasteiger charge is 2.19. The molecular weight excluding hydrogens is 254 g/mol. The summed E-state index contributed by atoms with van der Waals surface area (Å²) >= 11 is 0. The van der Waals surface area contributed by atoms with E-state index in [4.69, 9.17) is 14.6 Å². The highest BCUT2D eigenvalue weighted by Crippen LogP contribution is 2.35. The molecule has 0 bridgehead atoms. The second kappa shape index (κ2) is 6.39. The van der Waals surface area contributed by atoms with Crippen molar-refractivity contribution in [3.63, 3.8) is 0 Å². The van der Waals surface area contributed by atoms with Crippen molar-refractivity contribution < 1.29 is 24.3 Å². The molecule has 0 aromatic heterocycles. The Morgan fingerprint density at radius 3 is 2.68 bits per heavy atom. The molecule has 0 aliphatic carbocycles. The van der Waals surface area contributed by atoms with Crippen molar-refractivity contribution in [1.29, 1.82) is 0 Å². The molecule has 7 nitrogen and oxygen atoms in total. The molecule has 1 aromatic rings. The molecule has 0 aliphatic rings. The molecule has 0 amide bonds. The molecule has 7 heteroatoms. The van der Waals surface area contributed by atoms with Gasteiger partial charge in [-0.05, 0) is 12.5 Å². The fourth-order valence-electron chi connectivity index (χ4n) is 1.49. The summed E-state index contributed by atoms with van der Waals surface area (Å²) in [5.41, 5.74) is 0.251. The van der Waals surface area contributed by atoms with E-state index in [1.54, 1.807) is 0 Å². The molecule has 0 saturated heterocycles. The fourth-order valence-corrected chi connectivity index (χ4v) is 1.49. The van der Waals surface area contributed by atoms with E-state index in [2.05, 4.69) is 6.58 Å². The first-order chi connectivity index (χ1) is 8.99. The summed E-state index contributed by atoms with van der Waals surface area (Å²) in [6.07, 6.45) is 1.82. The highest BCUT2D eigenvalue weighted by atomic mass is 16.6. The van der Waals surface area contributed by atoms with Gasteiger partial charge < -0.3 is 14.6 Å². The van der Waals surface area contributed by atoms with Crippen LogP contribution in [0.3, 0.4) is 0 Å². The summed E-state index contributed by atoms with van der Waals surface area (Å²) < 4.78 is 9.98. The normalized spacial score (nSPS) is 9.74. The largest absolute Gasteiger partial charge is 0.493 e. The average molecular weight is 267 g/mol. The lowest BCUT2D eigenvalue weighted by Crippen LogP contribution is -2.10. The SMILES string of the molecule is C=CCc1cc(OC)c(OCC(=O)O)cc1[N+](=O)[O-]. The third-order valence-corrected chi connectivity index (χ3v) is 2.28. The summed E-state index contributed by atoms with van der Waals surface area (Å²) in [7, 11) is 1.37. The zero-order valence-electron chi connectivity index (χ0n) is 10.3. The van der Waals surface area contributed by atoms with Gasteiger partial charge in [0, 0.05) is 5.56 Å². The van der Waals surface area contributed by atoms with Crippen molar-refractivity contribution >= 4 is 11.7 Å². The molecule has 0 atom stereocenters. The van der Waals surface area contributed by atoms with Crippen LogP contribution in [0.5, 0.6) is 11.5 Å². The number of ether oxygens (including phenoxy) is 2. The van der Waals surface area contributed by atoms with Gasteiger partial charge in [0.05, 0.1) is 18.1 Å². The van der Waals surface area contributed by atoms with Crippen LogP contribution in [0.1, 0.15) is 5.56 Å². The number of nitro groups is 1. The number of nitro benzene ring substituents is 1. The van der Waals surface area contributed by atoms with Crippen LogP contribution in [0.2, 0.25) is 0 Å². The number of carboxylic acid groups (broad SMARTS) is 1. The summed E-state index contributed by atoms with van der Waals surface area (Å²) in [5, 5.41) is 19.5. The lowest BCUT2D eigenvalue weighted by atomic mass is 10.1. The van der Waals surface area contributed by atoms with E-state index in [9.17, 15) is 14.9 Å². The number of nitrogens with zero attached hydrogens (tertiary/aromatic N) is 1. The molecule has 0 spiro atoms. The first-order valence-electron chi connectivity index (χ1n) is 5.30. The Kier molecular flexibility index (Phi) is 4.87. The Balaban J connectivity index is 3.22. The molecule has 0 radical (unpaired) electrons. The second-order valence-electron chi connectivity index (χ2n) is 3.56. The molecular formula is C12H13NO6. The van der Waals surface area contributed by atoms with Crippen molar-refractivity contribution in [3.05, 3.63) is 40.5 Å². The predicted molar refractivity (Wildman–Crippen MR) is 66.7 cm³/mol. The van der Waals surface area contributed by atoms with Crippen molar-refractivity contribution in [2.75, 3.05) is 13.7 Å². The van der Waals surface area contributed by atoms with Crippen molar-refractivity contribution in [2.45, 2.75) is 6.42 Å².